The van der Waals surface area contributed by atoms with Gasteiger partial charge in [-0.25, -0.2) is 0 Å². The molecule has 2 aromatic rings. The average Bonchev–Trinajstić information content (AvgIpc) is 2.95. The van der Waals surface area contributed by atoms with Gasteiger partial charge in [0.05, 0.1) is 17.7 Å². The van der Waals surface area contributed by atoms with Gasteiger partial charge < -0.3 is 9.80 Å². The molecular formula is C21H19Cl2N3O3. The number of nitrogens with zero attached hydrogens (tertiary/aromatic N) is 3. The van der Waals surface area contributed by atoms with Crippen molar-refractivity contribution in [3.63, 3.8) is 0 Å². The number of likely N-dealkylation sites (N-methyl/N-ethyl adjacent to an activating group) is 1. The van der Waals surface area contributed by atoms with Gasteiger partial charge in [-0.05, 0) is 37.4 Å². The minimum absolute atomic E-state index is 0.0212. The highest BCUT2D eigenvalue weighted by molar-refractivity contribution is 6.36. The van der Waals surface area contributed by atoms with Gasteiger partial charge in [-0.3, -0.25) is 19.3 Å². The molecule has 0 N–H and O–H groups in total. The molecule has 2 heterocycles. The van der Waals surface area contributed by atoms with Crippen LogP contribution in [0.4, 0.5) is 0 Å². The predicted molar refractivity (Wildman–Crippen MR) is 111 cm³/mol. The number of carbonyl (C=O) groups excluding carboxylic acids is 3. The summed E-state index contributed by atoms with van der Waals surface area (Å²) >= 11 is 12.4. The van der Waals surface area contributed by atoms with E-state index < -0.39 is 11.8 Å². The number of halogens is 2. The molecule has 0 radical (unpaired) electrons. The largest absolute Gasteiger partial charge is 0.336 e. The van der Waals surface area contributed by atoms with E-state index in [2.05, 4.69) is 4.90 Å². The summed E-state index contributed by atoms with van der Waals surface area (Å²) in [5.74, 6) is -0.998. The highest BCUT2D eigenvalue weighted by Gasteiger charge is 2.37. The smallest absolute Gasteiger partial charge is 0.261 e. The van der Waals surface area contributed by atoms with Crippen LogP contribution in [0.15, 0.2) is 36.4 Å². The number of rotatable bonds is 3. The van der Waals surface area contributed by atoms with Gasteiger partial charge in [-0.15, -0.1) is 0 Å². The van der Waals surface area contributed by atoms with Crippen LogP contribution in [0, 0.1) is 0 Å². The summed E-state index contributed by atoms with van der Waals surface area (Å²) < 4.78 is 0. The average molecular weight is 432 g/mol. The zero-order chi connectivity index (χ0) is 20.7. The van der Waals surface area contributed by atoms with Crippen LogP contribution in [0.25, 0.3) is 0 Å². The lowest BCUT2D eigenvalue weighted by Crippen LogP contribution is -2.47. The molecule has 4 rings (SSSR count). The van der Waals surface area contributed by atoms with E-state index in [1.54, 1.807) is 35.2 Å². The van der Waals surface area contributed by atoms with Gasteiger partial charge in [0.15, 0.2) is 0 Å². The fraction of sp³-hybridized carbons (Fsp3) is 0.286. The lowest BCUT2D eigenvalue weighted by Gasteiger charge is -2.32. The van der Waals surface area contributed by atoms with Crippen LogP contribution < -0.4 is 0 Å². The molecule has 3 amide bonds. The first-order chi connectivity index (χ1) is 13.9. The van der Waals surface area contributed by atoms with E-state index in [4.69, 9.17) is 23.2 Å². The first kappa shape index (κ1) is 19.9. The second-order valence-electron chi connectivity index (χ2n) is 7.25. The monoisotopic (exact) mass is 431 g/mol. The summed E-state index contributed by atoms with van der Waals surface area (Å²) in [4.78, 5) is 43.5. The van der Waals surface area contributed by atoms with Gasteiger partial charge in [0, 0.05) is 47.4 Å². The molecule has 150 valence electrons. The molecule has 1 saturated heterocycles. The summed E-state index contributed by atoms with van der Waals surface area (Å²) in [7, 11) is 2.02. The van der Waals surface area contributed by atoms with E-state index >= 15 is 0 Å². The van der Waals surface area contributed by atoms with Crippen molar-refractivity contribution in [1.29, 1.82) is 0 Å². The molecule has 0 atom stereocenters. The summed E-state index contributed by atoms with van der Waals surface area (Å²) in [6, 6.07) is 9.70. The van der Waals surface area contributed by atoms with E-state index in [-0.39, 0.29) is 23.6 Å². The molecule has 0 aliphatic carbocycles. The maximum absolute atomic E-state index is 12.9. The molecular weight excluding hydrogens is 413 g/mol. The van der Waals surface area contributed by atoms with Crippen molar-refractivity contribution in [2.45, 2.75) is 6.54 Å². The van der Waals surface area contributed by atoms with Gasteiger partial charge in [0.2, 0.25) is 0 Å². The predicted octanol–water partition coefficient (Wildman–Crippen LogP) is 3.18. The van der Waals surface area contributed by atoms with Gasteiger partial charge in [0.25, 0.3) is 17.7 Å². The Morgan fingerprint density at radius 3 is 2.21 bits per heavy atom. The van der Waals surface area contributed by atoms with Crippen molar-refractivity contribution >= 4 is 40.9 Å². The van der Waals surface area contributed by atoms with Gasteiger partial charge in [0.1, 0.15) is 0 Å². The van der Waals surface area contributed by atoms with Gasteiger partial charge >= 0.3 is 0 Å². The second-order valence-corrected chi connectivity index (χ2v) is 8.07. The molecule has 0 spiro atoms. The molecule has 6 nitrogen and oxygen atoms in total. The quantitative estimate of drug-likeness (QED) is 0.700. The Morgan fingerprint density at radius 2 is 1.55 bits per heavy atom. The van der Waals surface area contributed by atoms with E-state index in [0.29, 0.717) is 34.3 Å². The van der Waals surface area contributed by atoms with E-state index in [1.165, 1.54) is 6.07 Å². The van der Waals surface area contributed by atoms with Crippen molar-refractivity contribution in [1.82, 2.24) is 14.7 Å². The summed E-state index contributed by atoms with van der Waals surface area (Å²) in [5.41, 5.74) is 1.44. The molecule has 0 saturated carbocycles. The number of hydrogen-bond donors (Lipinski definition) is 0. The van der Waals surface area contributed by atoms with Crippen molar-refractivity contribution < 1.29 is 14.4 Å². The lowest BCUT2D eigenvalue weighted by atomic mass is 10.0. The number of benzene rings is 2. The third-order valence-electron chi connectivity index (χ3n) is 5.39. The molecule has 0 bridgehead atoms. The lowest BCUT2D eigenvalue weighted by molar-refractivity contribution is 0.0640. The Hall–Kier alpha value is -2.41. The van der Waals surface area contributed by atoms with E-state index in [9.17, 15) is 14.4 Å². The number of fused-ring (bicyclic) bond motifs is 1. The Morgan fingerprint density at radius 1 is 0.931 bits per heavy atom. The normalized spacial score (nSPS) is 17.1. The standard InChI is InChI=1S/C21H19Cl2N3O3/c1-24-7-9-25(10-8-24)19(27)13-5-6-14-15(11-13)21(29)26(20(14)28)12-16-17(22)3-2-4-18(16)23/h2-6,11H,7-10,12H2,1H3. The fourth-order valence-corrected chi connectivity index (χ4v) is 4.12. The van der Waals surface area contributed by atoms with Crippen LogP contribution in [0.1, 0.15) is 36.6 Å². The van der Waals surface area contributed by atoms with Crippen LogP contribution >= 0.6 is 23.2 Å². The van der Waals surface area contributed by atoms with Crippen LogP contribution in [-0.4, -0.2) is 65.6 Å². The van der Waals surface area contributed by atoms with Crippen molar-refractivity contribution in [3.05, 3.63) is 68.7 Å². The third kappa shape index (κ3) is 3.64. The second kappa shape index (κ2) is 7.78. The van der Waals surface area contributed by atoms with E-state index in [0.717, 1.165) is 18.0 Å². The number of carbonyl (C=O) groups is 3. The SMILES string of the molecule is CN1CCN(C(=O)c2ccc3c(c2)C(=O)N(Cc2c(Cl)cccc2Cl)C3=O)CC1. The Balaban J connectivity index is 1.59. The minimum Gasteiger partial charge on any atom is -0.336 e. The fourth-order valence-electron chi connectivity index (χ4n) is 3.60. The van der Waals surface area contributed by atoms with Crippen LogP contribution in [0.5, 0.6) is 0 Å². The van der Waals surface area contributed by atoms with Gasteiger partial charge in [-0.1, -0.05) is 29.3 Å². The molecule has 8 heteroatoms. The highest BCUT2D eigenvalue weighted by Crippen LogP contribution is 2.31. The first-order valence-corrected chi connectivity index (χ1v) is 10.0. The van der Waals surface area contributed by atoms with Crippen LogP contribution in [-0.2, 0) is 6.54 Å². The molecule has 2 aliphatic rings. The zero-order valence-corrected chi connectivity index (χ0v) is 17.3. The maximum atomic E-state index is 12.9. The van der Waals surface area contributed by atoms with Crippen molar-refractivity contribution in [2.24, 2.45) is 0 Å². The van der Waals surface area contributed by atoms with Crippen molar-refractivity contribution in [2.75, 3.05) is 33.2 Å². The molecule has 2 aromatic carbocycles. The van der Waals surface area contributed by atoms with Crippen molar-refractivity contribution in [3.8, 4) is 0 Å². The van der Waals surface area contributed by atoms with Gasteiger partial charge in [-0.2, -0.15) is 0 Å². The molecule has 0 aromatic heterocycles. The molecule has 0 unspecified atom stereocenters. The molecule has 2 aliphatic heterocycles. The molecule has 29 heavy (non-hydrogen) atoms. The first-order valence-electron chi connectivity index (χ1n) is 9.28. The van der Waals surface area contributed by atoms with Crippen LogP contribution in [0.2, 0.25) is 10.0 Å². The molecule has 1 fully saturated rings. The summed E-state index contributed by atoms with van der Waals surface area (Å²) in [6.45, 7) is 2.86. The number of imide groups is 1. The topological polar surface area (TPSA) is 60.9 Å². The Bertz CT molecular complexity index is 996. The van der Waals surface area contributed by atoms with Crippen LogP contribution in [0.3, 0.4) is 0 Å². The van der Waals surface area contributed by atoms with E-state index in [1.807, 2.05) is 7.05 Å². The summed E-state index contributed by atoms with van der Waals surface area (Å²) in [5, 5.41) is 0.778. The Labute approximate surface area is 178 Å². The number of hydrogen-bond acceptors (Lipinski definition) is 4. The Kier molecular flexibility index (Phi) is 5.34. The summed E-state index contributed by atoms with van der Waals surface area (Å²) in [6.07, 6.45) is 0. The third-order valence-corrected chi connectivity index (χ3v) is 6.09. The number of amides is 3. The minimum atomic E-state index is -0.450. The number of piperazine rings is 1. The zero-order valence-electron chi connectivity index (χ0n) is 15.8. The highest BCUT2D eigenvalue weighted by atomic mass is 35.5. The maximum Gasteiger partial charge on any atom is 0.261 e.